The third-order valence-corrected chi connectivity index (χ3v) is 3.17. The highest BCUT2D eigenvalue weighted by molar-refractivity contribution is 5.77. The van der Waals surface area contributed by atoms with Gasteiger partial charge in [-0.05, 0) is 0 Å². The zero-order chi connectivity index (χ0) is 13.8. The highest BCUT2D eigenvalue weighted by atomic mass is 16.2. The Kier molecular flexibility index (Phi) is 4.10. The molecule has 0 atom stereocenters. The molecule has 1 aromatic heterocycles. The van der Waals surface area contributed by atoms with E-state index in [1.165, 1.54) is 4.68 Å². The van der Waals surface area contributed by atoms with Crippen molar-refractivity contribution in [1.82, 2.24) is 24.8 Å². The van der Waals surface area contributed by atoms with E-state index in [1.54, 1.807) is 22.9 Å². The van der Waals surface area contributed by atoms with Crippen LogP contribution in [0, 0.1) is 0 Å². The molecule has 0 unspecified atom stereocenters. The summed E-state index contributed by atoms with van der Waals surface area (Å²) in [6, 6.07) is 0. The van der Waals surface area contributed by atoms with E-state index in [4.69, 9.17) is 5.73 Å². The minimum atomic E-state index is -0.0170. The Bertz CT molecular complexity index is 464. The van der Waals surface area contributed by atoms with Gasteiger partial charge in [0.1, 0.15) is 6.54 Å². The van der Waals surface area contributed by atoms with Crippen molar-refractivity contribution in [3.63, 3.8) is 0 Å². The van der Waals surface area contributed by atoms with Gasteiger partial charge in [-0.25, -0.2) is 4.68 Å². The van der Waals surface area contributed by atoms with Gasteiger partial charge in [-0.2, -0.15) is 0 Å². The van der Waals surface area contributed by atoms with E-state index in [0.717, 1.165) is 0 Å². The van der Waals surface area contributed by atoms with Gasteiger partial charge in [-0.3, -0.25) is 9.59 Å². The van der Waals surface area contributed by atoms with Crippen molar-refractivity contribution in [3.8, 4) is 0 Å². The summed E-state index contributed by atoms with van der Waals surface area (Å²) in [6.07, 6.45) is 1.67. The van der Waals surface area contributed by atoms with Gasteiger partial charge in [-0.15, -0.1) is 5.10 Å². The van der Waals surface area contributed by atoms with E-state index in [9.17, 15) is 9.59 Å². The Hall–Kier alpha value is -1.96. The molecule has 1 aromatic rings. The van der Waals surface area contributed by atoms with Crippen LogP contribution in [0.3, 0.4) is 0 Å². The minimum Gasteiger partial charge on any atom is -0.339 e. The molecule has 2 N–H and O–H groups in total. The topological polar surface area (TPSA) is 97.4 Å². The average Bonchev–Trinajstić information content (AvgIpc) is 2.86. The number of nitrogens with zero attached hydrogens (tertiary/aromatic N) is 5. The second kappa shape index (κ2) is 5.79. The fourth-order valence-electron chi connectivity index (χ4n) is 2.02. The molecule has 1 fully saturated rings. The lowest BCUT2D eigenvalue weighted by atomic mass is 10.3. The summed E-state index contributed by atoms with van der Waals surface area (Å²) in [5.41, 5.74) is 6.09. The summed E-state index contributed by atoms with van der Waals surface area (Å²) in [5, 5.41) is 7.67. The summed E-state index contributed by atoms with van der Waals surface area (Å²) in [7, 11) is 0. The van der Waals surface area contributed by atoms with Gasteiger partial charge in [0, 0.05) is 39.6 Å². The number of nitrogens with two attached hydrogens (primary N) is 1. The SMILES string of the molecule is CC(=O)N1CCN(C(=O)Cn2cc(CN)nn2)CC1. The molecule has 0 aromatic carbocycles. The van der Waals surface area contributed by atoms with E-state index >= 15 is 0 Å². The molecule has 19 heavy (non-hydrogen) atoms. The largest absolute Gasteiger partial charge is 0.339 e. The lowest BCUT2D eigenvalue weighted by molar-refractivity contribution is -0.138. The monoisotopic (exact) mass is 266 g/mol. The molecule has 0 aliphatic carbocycles. The zero-order valence-corrected chi connectivity index (χ0v) is 10.9. The molecule has 0 saturated carbocycles. The molecule has 2 heterocycles. The Morgan fingerprint density at radius 3 is 2.42 bits per heavy atom. The summed E-state index contributed by atoms with van der Waals surface area (Å²) in [6.45, 7) is 4.33. The predicted octanol–water partition coefficient (Wildman–Crippen LogP) is -1.57. The summed E-state index contributed by atoms with van der Waals surface area (Å²) in [4.78, 5) is 26.7. The third kappa shape index (κ3) is 3.28. The first-order valence-electron chi connectivity index (χ1n) is 6.22. The van der Waals surface area contributed by atoms with Crippen molar-refractivity contribution < 1.29 is 9.59 Å². The number of piperazine rings is 1. The molecule has 1 saturated heterocycles. The summed E-state index contributed by atoms with van der Waals surface area (Å²) in [5.74, 6) is 0.0348. The van der Waals surface area contributed by atoms with Crippen LogP contribution in [0.5, 0.6) is 0 Å². The molecule has 104 valence electrons. The number of rotatable bonds is 3. The first-order valence-corrected chi connectivity index (χ1v) is 6.22. The lowest BCUT2D eigenvalue weighted by Gasteiger charge is -2.34. The van der Waals surface area contributed by atoms with Crippen molar-refractivity contribution in [2.45, 2.75) is 20.0 Å². The van der Waals surface area contributed by atoms with Crippen molar-refractivity contribution in [1.29, 1.82) is 0 Å². The van der Waals surface area contributed by atoms with E-state index in [2.05, 4.69) is 10.3 Å². The lowest BCUT2D eigenvalue weighted by Crippen LogP contribution is -2.50. The molecule has 0 spiro atoms. The molecule has 1 aliphatic heterocycles. The Balaban J connectivity index is 1.86. The van der Waals surface area contributed by atoms with Crippen LogP contribution in [0.25, 0.3) is 0 Å². The quantitative estimate of drug-likeness (QED) is 0.712. The Morgan fingerprint density at radius 2 is 1.89 bits per heavy atom. The molecular weight excluding hydrogens is 248 g/mol. The molecule has 1 aliphatic rings. The van der Waals surface area contributed by atoms with Crippen molar-refractivity contribution >= 4 is 11.8 Å². The van der Waals surface area contributed by atoms with Crippen LogP contribution in [0.1, 0.15) is 12.6 Å². The number of carbonyl (C=O) groups excluding carboxylic acids is 2. The van der Waals surface area contributed by atoms with Gasteiger partial charge >= 0.3 is 0 Å². The van der Waals surface area contributed by atoms with Gasteiger partial charge in [-0.1, -0.05) is 5.21 Å². The van der Waals surface area contributed by atoms with Crippen molar-refractivity contribution in [2.24, 2.45) is 5.73 Å². The van der Waals surface area contributed by atoms with Crippen LogP contribution in [0.4, 0.5) is 0 Å². The molecule has 8 heteroatoms. The smallest absolute Gasteiger partial charge is 0.244 e. The number of aromatic nitrogens is 3. The number of carbonyl (C=O) groups is 2. The highest BCUT2D eigenvalue weighted by Crippen LogP contribution is 2.03. The van der Waals surface area contributed by atoms with Gasteiger partial charge in [0.05, 0.1) is 11.9 Å². The predicted molar refractivity (Wildman–Crippen MR) is 66.7 cm³/mol. The second-order valence-corrected chi connectivity index (χ2v) is 4.50. The molecule has 0 bridgehead atoms. The first kappa shape index (κ1) is 13.5. The number of amides is 2. The number of hydrogen-bond donors (Lipinski definition) is 1. The average molecular weight is 266 g/mol. The number of hydrogen-bond acceptors (Lipinski definition) is 5. The minimum absolute atomic E-state index is 0.0170. The fourth-order valence-corrected chi connectivity index (χ4v) is 2.02. The molecule has 2 amide bonds. The first-order chi connectivity index (χ1) is 9.10. The Labute approximate surface area is 111 Å². The van der Waals surface area contributed by atoms with Gasteiger partial charge < -0.3 is 15.5 Å². The van der Waals surface area contributed by atoms with Crippen LogP contribution in [-0.4, -0.2) is 62.8 Å². The van der Waals surface area contributed by atoms with Gasteiger partial charge in [0.25, 0.3) is 0 Å². The van der Waals surface area contributed by atoms with Crippen LogP contribution < -0.4 is 5.73 Å². The molecule has 8 nitrogen and oxygen atoms in total. The normalized spacial score (nSPS) is 15.7. The van der Waals surface area contributed by atoms with Gasteiger partial charge in [0.15, 0.2) is 0 Å². The third-order valence-electron chi connectivity index (χ3n) is 3.17. The highest BCUT2D eigenvalue weighted by Gasteiger charge is 2.22. The fraction of sp³-hybridized carbons (Fsp3) is 0.636. The van der Waals surface area contributed by atoms with Crippen molar-refractivity contribution in [2.75, 3.05) is 26.2 Å². The van der Waals surface area contributed by atoms with Crippen LogP contribution in [0.15, 0.2) is 6.20 Å². The van der Waals surface area contributed by atoms with E-state index in [0.29, 0.717) is 38.4 Å². The van der Waals surface area contributed by atoms with E-state index in [-0.39, 0.29) is 18.4 Å². The van der Waals surface area contributed by atoms with Crippen LogP contribution in [-0.2, 0) is 22.7 Å². The van der Waals surface area contributed by atoms with Crippen LogP contribution in [0.2, 0.25) is 0 Å². The van der Waals surface area contributed by atoms with Gasteiger partial charge in [0.2, 0.25) is 11.8 Å². The molecular formula is C11H18N6O2. The molecule has 2 rings (SSSR count). The van der Waals surface area contributed by atoms with Crippen LogP contribution >= 0.6 is 0 Å². The van der Waals surface area contributed by atoms with Crippen molar-refractivity contribution in [3.05, 3.63) is 11.9 Å². The Morgan fingerprint density at radius 1 is 1.26 bits per heavy atom. The van der Waals surface area contributed by atoms with E-state index in [1.807, 2.05) is 0 Å². The maximum Gasteiger partial charge on any atom is 0.244 e. The summed E-state index contributed by atoms with van der Waals surface area (Å²) >= 11 is 0. The second-order valence-electron chi connectivity index (χ2n) is 4.50. The maximum absolute atomic E-state index is 12.0. The summed E-state index contributed by atoms with van der Waals surface area (Å²) < 4.78 is 1.49. The standard InChI is InChI=1S/C11H18N6O2/c1-9(18)15-2-4-16(5-3-15)11(19)8-17-7-10(6-12)13-14-17/h7H,2-6,8,12H2,1H3. The zero-order valence-electron chi connectivity index (χ0n) is 10.9. The van der Waals surface area contributed by atoms with E-state index < -0.39 is 0 Å². The molecule has 0 radical (unpaired) electrons. The maximum atomic E-state index is 12.0.